The molecule has 0 heterocycles. The Labute approximate surface area is 56.9 Å². The van der Waals surface area contributed by atoms with Crippen LogP contribution in [0.4, 0.5) is 0 Å². The van der Waals surface area contributed by atoms with E-state index in [1.165, 1.54) is 19.3 Å². The predicted molar refractivity (Wildman–Crippen MR) is 38.0 cm³/mol. The maximum Gasteiger partial charge on any atom is 0.226 e. The Balaban J connectivity index is 2.41. The first-order valence-electron chi connectivity index (χ1n) is 3.71. The molecule has 50 valence electrons. The van der Waals surface area contributed by atoms with Crippen LogP contribution in [0.5, 0.6) is 0 Å². The van der Waals surface area contributed by atoms with E-state index in [4.69, 9.17) is 6.57 Å². The minimum atomic E-state index is 0.346. The molecule has 1 aliphatic carbocycles. The van der Waals surface area contributed by atoms with Crippen LogP contribution in [0.15, 0.2) is 0 Å². The average Bonchev–Trinajstić information content (AvgIpc) is 1.89. The van der Waals surface area contributed by atoms with Gasteiger partial charge in [0.1, 0.15) is 0 Å². The summed E-state index contributed by atoms with van der Waals surface area (Å²) in [4.78, 5) is 3.58. The highest BCUT2D eigenvalue weighted by molar-refractivity contribution is 4.86. The largest absolute Gasteiger partial charge is 0.313 e. The molecule has 1 saturated carbocycles. The molecule has 0 aromatic rings. The van der Waals surface area contributed by atoms with Gasteiger partial charge in [0.2, 0.25) is 6.04 Å². The van der Waals surface area contributed by atoms with E-state index < -0.39 is 0 Å². The van der Waals surface area contributed by atoms with Gasteiger partial charge in [-0.3, -0.25) is 0 Å². The van der Waals surface area contributed by atoms with Gasteiger partial charge in [-0.25, -0.2) is 6.57 Å². The molecule has 0 bridgehead atoms. The molecule has 1 aliphatic rings. The van der Waals surface area contributed by atoms with Gasteiger partial charge < -0.3 is 4.85 Å². The van der Waals surface area contributed by atoms with Gasteiger partial charge >= 0.3 is 0 Å². The molecule has 0 unspecified atom stereocenters. The summed E-state index contributed by atoms with van der Waals surface area (Å²) in [5.74, 6) is 0.663. The molecule has 0 aromatic heterocycles. The number of hydrogen-bond donors (Lipinski definition) is 0. The fourth-order valence-corrected chi connectivity index (χ4v) is 1.49. The molecule has 1 fully saturated rings. The van der Waals surface area contributed by atoms with Crippen LogP contribution >= 0.6 is 0 Å². The summed E-state index contributed by atoms with van der Waals surface area (Å²) in [6, 6.07) is 0.346. The fourth-order valence-electron chi connectivity index (χ4n) is 1.49. The minimum Gasteiger partial charge on any atom is -0.313 e. The summed E-state index contributed by atoms with van der Waals surface area (Å²) < 4.78 is 0. The standard InChI is InChI=1S/C8H13N/c1-7-5-3-4-6-8(7)9-2/h7-8H,3-6H2,1H3/t7-,8-/m1/s1. The van der Waals surface area contributed by atoms with Gasteiger partial charge in [-0.2, -0.15) is 0 Å². The van der Waals surface area contributed by atoms with Gasteiger partial charge in [-0.05, 0) is 12.8 Å². The van der Waals surface area contributed by atoms with Crippen molar-refractivity contribution in [3.63, 3.8) is 0 Å². The second-order valence-electron chi connectivity index (χ2n) is 2.96. The van der Waals surface area contributed by atoms with Crippen LogP contribution in [-0.2, 0) is 0 Å². The molecule has 0 N–H and O–H groups in total. The van der Waals surface area contributed by atoms with Gasteiger partial charge in [0.15, 0.2) is 0 Å². The van der Waals surface area contributed by atoms with E-state index >= 15 is 0 Å². The summed E-state index contributed by atoms with van der Waals surface area (Å²) in [7, 11) is 0. The van der Waals surface area contributed by atoms with Crippen molar-refractivity contribution in [2.24, 2.45) is 5.92 Å². The zero-order valence-corrected chi connectivity index (χ0v) is 5.93. The van der Waals surface area contributed by atoms with Crippen LogP contribution in [0.3, 0.4) is 0 Å². The summed E-state index contributed by atoms with van der Waals surface area (Å²) >= 11 is 0. The van der Waals surface area contributed by atoms with Gasteiger partial charge in [0, 0.05) is 12.3 Å². The van der Waals surface area contributed by atoms with Crippen LogP contribution in [0.2, 0.25) is 0 Å². The van der Waals surface area contributed by atoms with Crippen LogP contribution in [0.1, 0.15) is 32.6 Å². The molecular weight excluding hydrogens is 110 g/mol. The Hall–Kier alpha value is -0.510. The summed E-state index contributed by atoms with van der Waals surface area (Å²) in [6.45, 7) is 9.05. The van der Waals surface area contributed by atoms with Crippen molar-refractivity contribution in [2.75, 3.05) is 0 Å². The van der Waals surface area contributed by atoms with E-state index in [1.807, 2.05) is 0 Å². The lowest BCUT2D eigenvalue weighted by Crippen LogP contribution is -2.18. The Morgan fingerprint density at radius 1 is 1.33 bits per heavy atom. The Morgan fingerprint density at radius 3 is 2.44 bits per heavy atom. The normalized spacial score (nSPS) is 35.6. The molecule has 1 rings (SSSR count). The maximum atomic E-state index is 6.85. The van der Waals surface area contributed by atoms with Gasteiger partial charge in [0.05, 0.1) is 0 Å². The second kappa shape index (κ2) is 2.87. The molecule has 0 spiro atoms. The quantitative estimate of drug-likeness (QED) is 0.436. The Morgan fingerprint density at radius 2 is 2.00 bits per heavy atom. The van der Waals surface area contributed by atoms with Crippen molar-refractivity contribution in [1.82, 2.24) is 0 Å². The maximum absolute atomic E-state index is 6.85. The molecule has 1 heteroatoms. The third-order valence-electron chi connectivity index (χ3n) is 2.23. The predicted octanol–water partition coefficient (Wildman–Crippen LogP) is 2.48. The minimum absolute atomic E-state index is 0.346. The first-order chi connectivity index (χ1) is 4.34. The molecular formula is C8H13N. The molecule has 9 heavy (non-hydrogen) atoms. The van der Waals surface area contributed by atoms with Crippen molar-refractivity contribution in [2.45, 2.75) is 38.6 Å². The highest BCUT2D eigenvalue weighted by Gasteiger charge is 2.24. The van der Waals surface area contributed by atoms with Crippen LogP contribution in [0.25, 0.3) is 4.85 Å². The number of hydrogen-bond acceptors (Lipinski definition) is 0. The topological polar surface area (TPSA) is 4.36 Å². The van der Waals surface area contributed by atoms with E-state index in [9.17, 15) is 0 Å². The summed E-state index contributed by atoms with van der Waals surface area (Å²) in [5, 5.41) is 0. The van der Waals surface area contributed by atoms with Crippen molar-refractivity contribution in [1.29, 1.82) is 0 Å². The highest BCUT2D eigenvalue weighted by Crippen LogP contribution is 2.25. The average molecular weight is 123 g/mol. The van der Waals surface area contributed by atoms with Gasteiger partial charge in [0.25, 0.3) is 0 Å². The van der Waals surface area contributed by atoms with E-state index in [2.05, 4.69) is 11.8 Å². The molecule has 0 aliphatic heterocycles. The molecule has 0 amide bonds. The van der Waals surface area contributed by atoms with Crippen molar-refractivity contribution in [3.05, 3.63) is 11.4 Å². The van der Waals surface area contributed by atoms with Gasteiger partial charge in [-0.1, -0.05) is 13.3 Å². The van der Waals surface area contributed by atoms with Crippen molar-refractivity contribution in [3.8, 4) is 0 Å². The third kappa shape index (κ3) is 1.45. The molecule has 0 aromatic carbocycles. The second-order valence-corrected chi connectivity index (χ2v) is 2.96. The smallest absolute Gasteiger partial charge is 0.226 e. The van der Waals surface area contributed by atoms with E-state index in [0.29, 0.717) is 12.0 Å². The Bertz CT molecular complexity index is 123. The van der Waals surface area contributed by atoms with Gasteiger partial charge in [-0.15, -0.1) is 0 Å². The van der Waals surface area contributed by atoms with Crippen LogP contribution in [-0.4, -0.2) is 6.04 Å². The van der Waals surface area contributed by atoms with E-state index in [1.54, 1.807) is 0 Å². The Kier molecular flexibility index (Phi) is 2.10. The zero-order valence-electron chi connectivity index (χ0n) is 5.93. The number of nitrogens with zero attached hydrogens (tertiary/aromatic N) is 1. The molecule has 0 radical (unpaired) electrons. The SMILES string of the molecule is [C-]#[N+][C@@H]1CCCC[C@H]1C. The summed E-state index contributed by atoms with van der Waals surface area (Å²) in [5.41, 5.74) is 0. The number of rotatable bonds is 0. The van der Waals surface area contributed by atoms with Crippen molar-refractivity contribution >= 4 is 0 Å². The highest BCUT2D eigenvalue weighted by atomic mass is 14.7. The first-order valence-corrected chi connectivity index (χ1v) is 3.71. The first kappa shape index (κ1) is 6.61. The lowest BCUT2D eigenvalue weighted by atomic mass is 9.86. The molecule has 2 atom stereocenters. The fraction of sp³-hybridized carbons (Fsp3) is 0.875. The molecule has 1 nitrogen and oxygen atoms in total. The van der Waals surface area contributed by atoms with Crippen LogP contribution < -0.4 is 0 Å². The third-order valence-corrected chi connectivity index (χ3v) is 2.23. The van der Waals surface area contributed by atoms with E-state index in [-0.39, 0.29) is 0 Å². The monoisotopic (exact) mass is 123 g/mol. The van der Waals surface area contributed by atoms with E-state index in [0.717, 1.165) is 6.42 Å². The molecule has 0 saturated heterocycles. The van der Waals surface area contributed by atoms with Crippen LogP contribution in [0, 0.1) is 12.5 Å². The lowest BCUT2D eigenvalue weighted by molar-refractivity contribution is 0.364. The summed E-state index contributed by atoms with van der Waals surface area (Å²) in [6.07, 6.45) is 5.03. The zero-order chi connectivity index (χ0) is 6.69. The lowest BCUT2D eigenvalue weighted by Gasteiger charge is -2.18. The van der Waals surface area contributed by atoms with Crippen molar-refractivity contribution < 1.29 is 0 Å².